The third kappa shape index (κ3) is 7.63. The average Bonchev–Trinajstić information content (AvgIpc) is 2.70. The molecule has 4 nitrogen and oxygen atoms in total. The van der Waals surface area contributed by atoms with E-state index in [4.69, 9.17) is 4.74 Å². The van der Waals surface area contributed by atoms with E-state index >= 15 is 0 Å². The SMILES string of the molecule is CCCCCCCOc1ccc(NCC(=O)Nc2ccccc2C(C)C)cc1. The Morgan fingerprint density at radius 3 is 2.39 bits per heavy atom. The molecule has 0 atom stereocenters. The van der Waals surface area contributed by atoms with Crippen LogP contribution in [0.2, 0.25) is 0 Å². The van der Waals surface area contributed by atoms with Crippen molar-refractivity contribution in [3.8, 4) is 5.75 Å². The Morgan fingerprint density at radius 2 is 1.68 bits per heavy atom. The van der Waals surface area contributed by atoms with Gasteiger partial charge in [0, 0.05) is 11.4 Å². The molecule has 2 aromatic rings. The summed E-state index contributed by atoms with van der Waals surface area (Å²) >= 11 is 0. The summed E-state index contributed by atoms with van der Waals surface area (Å²) in [6.45, 7) is 7.45. The van der Waals surface area contributed by atoms with Gasteiger partial charge in [0.2, 0.25) is 5.91 Å². The molecular formula is C24H34N2O2. The Labute approximate surface area is 169 Å². The number of carbonyl (C=O) groups is 1. The molecular weight excluding hydrogens is 348 g/mol. The molecule has 0 aliphatic carbocycles. The van der Waals surface area contributed by atoms with Gasteiger partial charge in [0.25, 0.3) is 0 Å². The third-order valence-corrected chi connectivity index (χ3v) is 4.68. The normalized spacial score (nSPS) is 10.7. The maximum Gasteiger partial charge on any atom is 0.243 e. The number of ether oxygens (including phenoxy) is 1. The predicted molar refractivity (Wildman–Crippen MR) is 118 cm³/mol. The van der Waals surface area contributed by atoms with Gasteiger partial charge in [-0.2, -0.15) is 0 Å². The average molecular weight is 383 g/mol. The summed E-state index contributed by atoms with van der Waals surface area (Å²) in [4.78, 5) is 12.3. The summed E-state index contributed by atoms with van der Waals surface area (Å²) in [5.41, 5.74) is 2.93. The van der Waals surface area contributed by atoms with Crippen LogP contribution in [0.3, 0.4) is 0 Å². The summed E-state index contributed by atoms with van der Waals surface area (Å²) in [5.74, 6) is 1.18. The van der Waals surface area contributed by atoms with E-state index in [9.17, 15) is 4.79 Å². The second-order valence-corrected chi connectivity index (χ2v) is 7.43. The van der Waals surface area contributed by atoms with E-state index in [-0.39, 0.29) is 12.5 Å². The lowest BCUT2D eigenvalue weighted by atomic mass is 10.0. The zero-order valence-electron chi connectivity index (χ0n) is 17.5. The summed E-state index contributed by atoms with van der Waals surface area (Å²) in [6.07, 6.45) is 6.17. The largest absolute Gasteiger partial charge is 0.494 e. The summed E-state index contributed by atoms with van der Waals surface area (Å²) < 4.78 is 5.77. The van der Waals surface area contributed by atoms with Crippen molar-refractivity contribution < 1.29 is 9.53 Å². The number of benzene rings is 2. The van der Waals surface area contributed by atoms with E-state index in [1.54, 1.807) is 0 Å². The van der Waals surface area contributed by atoms with E-state index in [0.717, 1.165) is 35.7 Å². The summed E-state index contributed by atoms with van der Waals surface area (Å²) in [6, 6.07) is 15.7. The number of para-hydroxylation sites is 1. The van der Waals surface area contributed by atoms with Gasteiger partial charge in [-0.1, -0.05) is 64.7 Å². The topological polar surface area (TPSA) is 50.4 Å². The number of hydrogen-bond donors (Lipinski definition) is 2. The Kier molecular flexibility index (Phi) is 9.40. The first-order valence-electron chi connectivity index (χ1n) is 10.5. The smallest absolute Gasteiger partial charge is 0.243 e. The van der Waals surface area contributed by atoms with Crippen LogP contribution in [-0.2, 0) is 4.79 Å². The first kappa shape index (κ1) is 21.8. The van der Waals surface area contributed by atoms with Gasteiger partial charge in [0.15, 0.2) is 0 Å². The van der Waals surface area contributed by atoms with Gasteiger partial charge in [-0.05, 0) is 48.2 Å². The predicted octanol–water partition coefficient (Wildman–Crippen LogP) is 6.21. The third-order valence-electron chi connectivity index (χ3n) is 4.68. The van der Waals surface area contributed by atoms with Crippen molar-refractivity contribution in [3.63, 3.8) is 0 Å². The molecule has 0 aliphatic heterocycles. The number of carbonyl (C=O) groups excluding carboxylic acids is 1. The number of amides is 1. The van der Waals surface area contributed by atoms with Gasteiger partial charge >= 0.3 is 0 Å². The van der Waals surface area contributed by atoms with Crippen LogP contribution in [0.4, 0.5) is 11.4 Å². The van der Waals surface area contributed by atoms with Gasteiger partial charge in [-0.15, -0.1) is 0 Å². The highest BCUT2D eigenvalue weighted by Crippen LogP contribution is 2.23. The van der Waals surface area contributed by atoms with Crippen molar-refractivity contribution in [1.82, 2.24) is 0 Å². The van der Waals surface area contributed by atoms with Gasteiger partial charge in [0.1, 0.15) is 5.75 Å². The lowest BCUT2D eigenvalue weighted by Gasteiger charge is -2.14. The van der Waals surface area contributed by atoms with Crippen LogP contribution in [0.5, 0.6) is 5.75 Å². The van der Waals surface area contributed by atoms with Crippen LogP contribution in [0.15, 0.2) is 48.5 Å². The highest BCUT2D eigenvalue weighted by Gasteiger charge is 2.09. The van der Waals surface area contributed by atoms with Crippen molar-refractivity contribution in [1.29, 1.82) is 0 Å². The maximum absolute atomic E-state index is 12.3. The fourth-order valence-corrected chi connectivity index (χ4v) is 3.06. The van der Waals surface area contributed by atoms with Gasteiger partial charge < -0.3 is 15.4 Å². The fourth-order valence-electron chi connectivity index (χ4n) is 3.06. The summed E-state index contributed by atoms with van der Waals surface area (Å²) in [7, 11) is 0. The number of anilines is 2. The molecule has 4 heteroatoms. The zero-order valence-corrected chi connectivity index (χ0v) is 17.5. The minimum atomic E-state index is -0.0551. The quantitative estimate of drug-likeness (QED) is 0.429. The first-order chi connectivity index (χ1) is 13.6. The van der Waals surface area contributed by atoms with E-state index in [2.05, 4.69) is 37.5 Å². The second kappa shape index (κ2) is 12.1. The number of nitrogens with one attached hydrogen (secondary N) is 2. The van der Waals surface area contributed by atoms with Crippen LogP contribution in [0.1, 0.15) is 64.4 Å². The minimum Gasteiger partial charge on any atom is -0.494 e. The van der Waals surface area contributed by atoms with Crippen molar-refractivity contribution >= 4 is 17.3 Å². The van der Waals surface area contributed by atoms with Crippen LogP contribution < -0.4 is 15.4 Å². The molecule has 0 aromatic heterocycles. The standard InChI is InChI=1S/C24H34N2O2/c1-4-5-6-7-10-17-28-21-15-13-20(14-16-21)25-18-24(27)26-23-12-9-8-11-22(23)19(2)3/h8-9,11-16,19,25H,4-7,10,17-18H2,1-3H3,(H,26,27). The Bertz CT molecular complexity index is 711. The molecule has 1 amide bonds. The number of hydrogen-bond acceptors (Lipinski definition) is 3. The van der Waals surface area contributed by atoms with Crippen LogP contribution >= 0.6 is 0 Å². The van der Waals surface area contributed by atoms with E-state index in [1.807, 2.05) is 42.5 Å². The lowest BCUT2D eigenvalue weighted by Crippen LogP contribution is -2.22. The monoisotopic (exact) mass is 382 g/mol. The van der Waals surface area contributed by atoms with Crippen molar-refractivity contribution in [2.24, 2.45) is 0 Å². The number of rotatable bonds is 12. The molecule has 0 saturated carbocycles. The zero-order chi connectivity index (χ0) is 20.2. The Morgan fingerprint density at radius 1 is 0.964 bits per heavy atom. The summed E-state index contributed by atoms with van der Waals surface area (Å²) in [5, 5.41) is 6.16. The minimum absolute atomic E-state index is 0.0551. The molecule has 2 rings (SSSR count). The molecule has 0 radical (unpaired) electrons. The molecule has 28 heavy (non-hydrogen) atoms. The highest BCUT2D eigenvalue weighted by atomic mass is 16.5. The van der Waals surface area contributed by atoms with Gasteiger partial charge in [-0.25, -0.2) is 0 Å². The van der Waals surface area contributed by atoms with E-state index in [0.29, 0.717) is 5.92 Å². The molecule has 0 spiro atoms. The first-order valence-corrected chi connectivity index (χ1v) is 10.5. The highest BCUT2D eigenvalue weighted by molar-refractivity contribution is 5.94. The van der Waals surface area contributed by atoms with Crippen LogP contribution in [0, 0.1) is 0 Å². The second-order valence-electron chi connectivity index (χ2n) is 7.43. The van der Waals surface area contributed by atoms with E-state index in [1.165, 1.54) is 25.7 Å². The molecule has 0 saturated heterocycles. The van der Waals surface area contributed by atoms with Crippen molar-refractivity contribution in [2.45, 2.75) is 58.8 Å². The van der Waals surface area contributed by atoms with E-state index < -0.39 is 0 Å². The van der Waals surface area contributed by atoms with Crippen LogP contribution in [-0.4, -0.2) is 19.1 Å². The Balaban J connectivity index is 1.73. The lowest BCUT2D eigenvalue weighted by molar-refractivity contribution is -0.114. The number of unbranched alkanes of at least 4 members (excludes halogenated alkanes) is 4. The fraction of sp³-hybridized carbons (Fsp3) is 0.458. The molecule has 0 bridgehead atoms. The maximum atomic E-state index is 12.3. The van der Waals surface area contributed by atoms with Gasteiger partial charge in [-0.3, -0.25) is 4.79 Å². The molecule has 2 N–H and O–H groups in total. The molecule has 0 fully saturated rings. The molecule has 0 heterocycles. The molecule has 0 aliphatic rings. The molecule has 152 valence electrons. The molecule has 2 aromatic carbocycles. The van der Waals surface area contributed by atoms with Crippen molar-refractivity contribution in [2.75, 3.05) is 23.8 Å². The van der Waals surface area contributed by atoms with Crippen molar-refractivity contribution in [3.05, 3.63) is 54.1 Å². The van der Waals surface area contributed by atoms with Crippen LogP contribution in [0.25, 0.3) is 0 Å². The Hall–Kier alpha value is -2.49. The van der Waals surface area contributed by atoms with Gasteiger partial charge in [0.05, 0.1) is 13.2 Å². The molecule has 0 unspecified atom stereocenters.